The second-order valence-electron chi connectivity index (χ2n) is 8.01. The Morgan fingerprint density at radius 3 is 2.55 bits per heavy atom. The van der Waals surface area contributed by atoms with E-state index in [-0.39, 0.29) is 42.3 Å². The van der Waals surface area contributed by atoms with Crippen LogP contribution in [-0.4, -0.2) is 67.8 Å². The first-order chi connectivity index (χ1) is 13.2. The molecule has 29 heavy (non-hydrogen) atoms. The van der Waals surface area contributed by atoms with Crippen LogP contribution >= 0.6 is 24.8 Å². The Morgan fingerprint density at radius 1 is 1.10 bits per heavy atom. The molecule has 1 aromatic heterocycles. The highest BCUT2D eigenvalue weighted by molar-refractivity contribution is 5.85. The van der Waals surface area contributed by atoms with Crippen LogP contribution in [0.4, 0.5) is 6.01 Å². The number of para-hydroxylation sites is 2. The number of carbonyl (C=O) groups is 1. The lowest BCUT2D eigenvalue weighted by molar-refractivity contribution is -0.150. The molecule has 7 nitrogen and oxygen atoms in total. The zero-order chi connectivity index (χ0) is 18.3. The largest absolute Gasteiger partial charge is 0.461 e. The summed E-state index contributed by atoms with van der Waals surface area (Å²) in [5.41, 5.74) is 1.51. The normalized spacial score (nSPS) is 24.2. The molecule has 9 heteroatoms. The number of cyclic esters (lactones) is 1. The Balaban J connectivity index is 0.00000120. The molecule has 1 atom stereocenters. The van der Waals surface area contributed by atoms with Gasteiger partial charge in [-0.05, 0) is 38.1 Å². The van der Waals surface area contributed by atoms with Crippen LogP contribution in [0.1, 0.15) is 19.3 Å². The monoisotopic (exact) mass is 442 g/mol. The Hall–Kier alpha value is -1.54. The summed E-state index contributed by atoms with van der Waals surface area (Å²) in [6, 6.07) is 8.58. The van der Waals surface area contributed by atoms with Gasteiger partial charge in [-0.2, -0.15) is 4.98 Å². The number of halogens is 2. The number of benzene rings is 1. The number of esters is 1. The second kappa shape index (κ2) is 9.08. The number of oxazole rings is 1. The Labute approximate surface area is 183 Å². The lowest BCUT2D eigenvalue weighted by atomic mass is 9.76. The molecule has 3 fully saturated rings. The van der Waals surface area contributed by atoms with E-state index in [0.717, 1.165) is 76.2 Å². The van der Waals surface area contributed by atoms with Crippen LogP contribution in [0, 0.1) is 5.41 Å². The van der Waals surface area contributed by atoms with Gasteiger partial charge in [0, 0.05) is 39.1 Å². The zero-order valence-electron chi connectivity index (χ0n) is 16.3. The molecule has 1 unspecified atom stereocenters. The summed E-state index contributed by atoms with van der Waals surface area (Å²) in [7, 11) is 0. The summed E-state index contributed by atoms with van der Waals surface area (Å²) in [6.07, 6.45) is 2.73. The second-order valence-corrected chi connectivity index (χ2v) is 8.01. The average Bonchev–Trinajstić information content (AvgIpc) is 3.25. The zero-order valence-corrected chi connectivity index (χ0v) is 18.0. The van der Waals surface area contributed by atoms with E-state index in [9.17, 15) is 4.79 Å². The van der Waals surface area contributed by atoms with E-state index in [0.29, 0.717) is 6.01 Å². The fourth-order valence-corrected chi connectivity index (χ4v) is 4.66. The van der Waals surface area contributed by atoms with Gasteiger partial charge in [0.1, 0.15) is 11.6 Å². The minimum absolute atomic E-state index is 0. The summed E-state index contributed by atoms with van der Waals surface area (Å²) in [5.74, 6) is 0.0270. The summed E-state index contributed by atoms with van der Waals surface area (Å²) < 4.78 is 11.6. The van der Waals surface area contributed by atoms with Crippen molar-refractivity contribution in [2.24, 2.45) is 5.41 Å². The highest BCUT2D eigenvalue weighted by Crippen LogP contribution is 2.41. The highest BCUT2D eigenvalue weighted by Gasteiger charge is 2.49. The quantitative estimate of drug-likeness (QED) is 0.731. The third-order valence-electron chi connectivity index (χ3n) is 6.27. The van der Waals surface area contributed by atoms with Crippen molar-refractivity contribution < 1.29 is 13.9 Å². The van der Waals surface area contributed by atoms with Crippen LogP contribution in [0.3, 0.4) is 0 Å². The van der Waals surface area contributed by atoms with E-state index < -0.39 is 0 Å². The fourth-order valence-electron chi connectivity index (χ4n) is 4.66. The smallest absolute Gasteiger partial charge is 0.312 e. The number of fused-ring (bicyclic) bond motifs is 1. The number of piperidine rings is 1. The molecule has 1 spiro atoms. The molecule has 2 aromatic rings. The fraction of sp³-hybridized carbons (Fsp3) is 0.600. The Kier molecular flexibility index (Phi) is 6.94. The van der Waals surface area contributed by atoms with E-state index in [2.05, 4.69) is 20.1 Å². The van der Waals surface area contributed by atoms with Crippen LogP contribution in [-0.2, 0) is 9.53 Å². The average molecular weight is 443 g/mol. The van der Waals surface area contributed by atoms with Crippen LogP contribution in [0.5, 0.6) is 0 Å². The van der Waals surface area contributed by atoms with Crippen molar-refractivity contribution in [1.29, 1.82) is 0 Å². The molecule has 0 saturated carbocycles. The van der Waals surface area contributed by atoms with Crippen LogP contribution in [0.25, 0.3) is 11.1 Å². The van der Waals surface area contributed by atoms with E-state index in [4.69, 9.17) is 9.15 Å². The van der Waals surface area contributed by atoms with Crippen molar-refractivity contribution >= 4 is 47.9 Å². The number of anilines is 1. The number of rotatable bonds is 3. The van der Waals surface area contributed by atoms with Gasteiger partial charge < -0.3 is 19.4 Å². The number of aromatic nitrogens is 1. The predicted molar refractivity (Wildman–Crippen MR) is 116 cm³/mol. The minimum atomic E-state index is -0.226. The summed E-state index contributed by atoms with van der Waals surface area (Å²) in [4.78, 5) is 21.6. The standard InChI is InChI=1S/C20H26N4O3.2ClH/c25-18-20(5-7-21-8-6-20)13-15(26-18)14-23-9-11-24(12-10-23)19-22-16-3-1-2-4-17(16)27-19;;/h1-4,15,21H,5-14H2;2*1H. The van der Waals surface area contributed by atoms with Crippen molar-refractivity contribution in [2.45, 2.75) is 25.4 Å². The van der Waals surface area contributed by atoms with E-state index in [1.165, 1.54) is 0 Å². The van der Waals surface area contributed by atoms with Gasteiger partial charge in [-0.25, -0.2) is 0 Å². The lowest BCUT2D eigenvalue weighted by Gasteiger charge is -2.35. The maximum atomic E-state index is 12.4. The topological polar surface area (TPSA) is 70.8 Å². The molecule has 5 rings (SSSR count). The number of nitrogens with one attached hydrogen (secondary N) is 1. The maximum absolute atomic E-state index is 12.4. The number of carbonyl (C=O) groups excluding carboxylic acids is 1. The molecule has 0 amide bonds. The molecular weight excluding hydrogens is 415 g/mol. The number of hydrogen-bond donors (Lipinski definition) is 1. The summed E-state index contributed by atoms with van der Waals surface area (Å²) in [6.45, 7) is 6.30. The number of piperazine rings is 1. The van der Waals surface area contributed by atoms with Crippen molar-refractivity contribution in [3.8, 4) is 0 Å². The van der Waals surface area contributed by atoms with Crippen LogP contribution in [0.15, 0.2) is 28.7 Å². The van der Waals surface area contributed by atoms with Gasteiger partial charge in [-0.1, -0.05) is 12.1 Å². The van der Waals surface area contributed by atoms with Crippen LogP contribution in [0.2, 0.25) is 0 Å². The Morgan fingerprint density at radius 2 is 1.83 bits per heavy atom. The SMILES string of the molecule is Cl.Cl.O=C1OC(CN2CCN(c3nc4ccccc4o3)CC2)CC12CCNCC2. The molecule has 4 heterocycles. The van der Waals surface area contributed by atoms with Gasteiger partial charge in [-0.3, -0.25) is 9.69 Å². The number of ether oxygens (including phenoxy) is 1. The van der Waals surface area contributed by atoms with Crippen molar-refractivity contribution in [1.82, 2.24) is 15.2 Å². The third kappa shape index (κ3) is 4.33. The van der Waals surface area contributed by atoms with E-state index in [1.54, 1.807) is 0 Å². The van der Waals surface area contributed by atoms with Gasteiger partial charge in [0.25, 0.3) is 6.01 Å². The summed E-state index contributed by atoms with van der Waals surface area (Å²) >= 11 is 0. The van der Waals surface area contributed by atoms with Gasteiger partial charge in [0.15, 0.2) is 5.58 Å². The number of hydrogen-bond acceptors (Lipinski definition) is 7. The van der Waals surface area contributed by atoms with Crippen molar-refractivity contribution in [2.75, 3.05) is 50.7 Å². The molecule has 1 N–H and O–H groups in total. The molecule has 3 saturated heterocycles. The van der Waals surface area contributed by atoms with Gasteiger partial charge in [-0.15, -0.1) is 24.8 Å². The van der Waals surface area contributed by atoms with Gasteiger partial charge in [0.05, 0.1) is 5.41 Å². The van der Waals surface area contributed by atoms with E-state index >= 15 is 0 Å². The maximum Gasteiger partial charge on any atom is 0.312 e. The highest BCUT2D eigenvalue weighted by atomic mass is 35.5. The lowest BCUT2D eigenvalue weighted by Crippen LogP contribution is -2.48. The van der Waals surface area contributed by atoms with Gasteiger partial charge >= 0.3 is 5.97 Å². The first-order valence-electron chi connectivity index (χ1n) is 9.97. The first kappa shape index (κ1) is 22.2. The summed E-state index contributed by atoms with van der Waals surface area (Å²) in [5, 5.41) is 3.34. The molecule has 0 radical (unpaired) electrons. The minimum Gasteiger partial charge on any atom is -0.461 e. The molecular formula is C20H28Cl2N4O3. The molecule has 0 aliphatic carbocycles. The van der Waals surface area contributed by atoms with E-state index in [1.807, 2.05) is 24.3 Å². The third-order valence-corrected chi connectivity index (χ3v) is 6.27. The first-order valence-corrected chi connectivity index (χ1v) is 9.97. The molecule has 0 bridgehead atoms. The van der Waals surface area contributed by atoms with Crippen molar-refractivity contribution in [3.63, 3.8) is 0 Å². The number of nitrogens with zero attached hydrogens (tertiary/aromatic N) is 3. The van der Waals surface area contributed by atoms with Gasteiger partial charge in [0.2, 0.25) is 0 Å². The predicted octanol–water partition coefficient (Wildman–Crippen LogP) is 2.48. The van der Waals surface area contributed by atoms with Crippen molar-refractivity contribution in [3.05, 3.63) is 24.3 Å². The molecule has 1 aromatic carbocycles. The Bertz CT molecular complexity index is 799. The molecule has 160 valence electrons. The molecule has 3 aliphatic rings. The molecule has 3 aliphatic heterocycles. The van der Waals surface area contributed by atoms with Crippen LogP contribution < -0.4 is 10.2 Å².